The van der Waals surface area contributed by atoms with Crippen LogP contribution in [0.4, 0.5) is 15.8 Å². The normalized spacial score (nSPS) is 10.1. The molecule has 3 N–H and O–H groups in total. The quantitative estimate of drug-likeness (QED) is 0.877. The molecule has 0 saturated heterocycles. The number of hydrogen-bond donors (Lipinski definition) is 2. The minimum absolute atomic E-state index is 0.124. The molecule has 1 heterocycles. The largest absolute Gasteiger partial charge is 0.397 e. The first-order chi connectivity index (χ1) is 8.56. The van der Waals surface area contributed by atoms with E-state index in [2.05, 4.69) is 10.3 Å². The summed E-state index contributed by atoms with van der Waals surface area (Å²) < 4.78 is 12.8. The number of hydrogen-bond acceptors (Lipinski definition) is 3. The number of carbonyl (C=O) groups excluding carboxylic acids is 1. The molecular formula is C12H9ClFN3O. The topological polar surface area (TPSA) is 68.0 Å². The number of halogens is 2. The van der Waals surface area contributed by atoms with Crippen LogP contribution in [0.15, 0.2) is 36.5 Å². The highest BCUT2D eigenvalue weighted by Crippen LogP contribution is 2.22. The summed E-state index contributed by atoms with van der Waals surface area (Å²) in [5.41, 5.74) is 6.45. The first-order valence-corrected chi connectivity index (χ1v) is 5.42. The van der Waals surface area contributed by atoms with Gasteiger partial charge in [0.1, 0.15) is 11.5 Å². The summed E-state index contributed by atoms with van der Waals surface area (Å²) in [5, 5.41) is 2.66. The predicted octanol–water partition coefficient (Wildman–Crippen LogP) is 2.71. The summed E-state index contributed by atoms with van der Waals surface area (Å²) >= 11 is 5.79. The third-order valence-corrected chi connectivity index (χ3v) is 2.51. The highest BCUT2D eigenvalue weighted by molar-refractivity contribution is 6.33. The van der Waals surface area contributed by atoms with Crippen molar-refractivity contribution in [2.45, 2.75) is 0 Å². The SMILES string of the molecule is Nc1ccc(C(=O)Nc2ccc(F)cc2Cl)nc1. The Labute approximate surface area is 108 Å². The van der Waals surface area contributed by atoms with E-state index in [9.17, 15) is 9.18 Å². The monoisotopic (exact) mass is 265 g/mol. The molecule has 0 aliphatic heterocycles. The Hall–Kier alpha value is -2.14. The van der Waals surface area contributed by atoms with Gasteiger partial charge in [0.2, 0.25) is 0 Å². The Bertz CT molecular complexity index is 586. The van der Waals surface area contributed by atoms with Crippen LogP contribution in [0, 0.1) is 5.82 Å². The maximum atomic E-state index is 12.8. The third-order valence-electron chi connectivity index (χ3n) is 2.20. The van der Waals surface area contributed by atoms with Crippen molar-refractivity contribution in [1.82, 2.24) is 4.98 Å². The van der Waals surface area contributed by atoms with E-state index in [1.54, 1.807) is 6.07 Å². The van der Waals surface area contributed by atoms with Crippen LogP contribution in [0.2, 0.25) is 5.02 Å². The van der Waals surface area contributed by atoms with Gasteiger partial charge in [0.05, 0.1) is 22.6 Å². The Morgan fingerprint density at radius 1 is 1.33 bits per heavy atom. The standard InChI is InChI=1S/C12H9ClFN3O/c13-9-5-7(14)1-3-10(9)17-12(18)11-4-2-8(15)6-16-11/h1-6H,15H2,(H,17,18). The van der Waals surface area contributed by atoms with Gasteiger partial charge in [-0.15, -0.1) is 0 Å². The zero-order chi connectivity index (χ0) is 13.1. The maximum absolute atomic E-state index is 12.8. The second kappa shape index (κ2) is 5.01. The molecule has 1 amide bonds. The molecule has 2 aromatic rings. The summed E-state index contributed by atoms with van der Waals surface area (Å²) in [5.74, 6) is -0.910. The number of pyridine rings is 1. The Morgan fingerprint density at radius 3 is 2.72 bits per heavy atom. The van der Waals surface area contributed by atoms with Crippen LogP contribution in [0.5, 0.6) is 0 Å². The average molecular weight is 266 g/mol. The molecule has 4 nitrogen and oxygen atoms in total. The van der Waals surface area contributed by atoms with Gasteiger partial charge in [-0.1, -0.05) is 11.6 Å². The highest BCUT2D eigenvalue weighted by Gasteiger charge is 2.10. The number of nitrogens with one attached hydrogen (secondary N) is 1. The Kier molecular flexibility index (Phi) is 3.43. The lowest BCUT2D eigenvalue weighted by Crippen LogP contribution is -2.14. The van der Waals surface area contributed by atoms with Gasteiger partial charge in [-0.05, 0) is 30.3 Å². The number of aromatic nitrogens is 1. The maximum Gasteiger partial charge on any atom is 0.274 e. The van der Waals surface area contributed by atoms with Crippen LogP contribution in [-0.4, -0.2) is 10.9 Å². The van der Waals surface area contributed by atoms with E-state index in [1.807, 2.05) is 0 Å². The van der Waals surface area contributed by atoms with Gasteiger partial charge in [-0.2, -0.15) is 0 Å². The summed E-state index contributed by atoms with van der Waals surface area (Å²) in [6.45, 7) is 0. The fourth-order valence-electron chi connectivity index (χ4n) is 1.32. The second-order valence-electron chi connectivity index (χ2n) is 3.56. The minimum Gasteiger partial charge on any atom is -0.397 e. The van der Waals surface area contributed by atoms with Crippen LogP contribution in [-0.2, 0) is 0 Å². The van der Waals surface area contributed by atoms with Crippen molar-refractivity contribution >= 4 is 28.9 Å². The molecule has 2 rings (SSSR count). The Balaban J connectivity index is 2.18. The second-order valence-corrected chi connectivity index (χ2v) is 3.96. The minimum atomic E-state index is -0.469. The molecule has 0 fully saturated rings. The molecule has 92 valence electrons. The van der Waals surface area contributed by atoms with E-state index in [4.69, 9.17) is 17.3 Å². The number of carbonyl (C=O) groups is 1. The van der Waals surface area contributed by atoms with Gasteiger partial charge in [0.25, 0.3) is 5.91 Å². The molecular weight excluding hydrogens is 257 g/mol. The van der Waals surface area contributed by atoms with E-state index in [0.29, 0.717) is 11.4 Å². The van der Waals surface area contributed by atoms with Crippen LogP contribution < -0.4 is 11.1 Å². The highest BCUT2D eigenvalue weighted by atomic mass is 35.5. The van der Waals surface area contributed by atoms with Crippen molar-refractivity contribution < 1.29 is 9.18 Å². The third kappa shape index (κ3) is 2.75. The van der Waals surface area contributed by atoms with Gasteiger partial charge in [-0.25, -0.2) is 9.37 Å². The van der Waals surface area contributed by atoms with Crippen molar-refractivity contribution in [3.05, 3.63) is 53.1 Å². The lowest BCUT2D eigenvalue weighted by atomic mass is 10.2. The molecule has 0 saturated carbocycles. The van der Waals surface area contributed by atoms with Crippen molar-refractivity contribution in [3.63, 3.8) is 0 Å². The Morgan fingerprint density at radius 2 is 2.11 bits per heavy atom. The molecule has 0 radical (unpaired) electrons. The molecule has 0 aliphatic rings. The van der Waals surface area contributed by atoms with Crippen LogP contribution in [0.1, 0.15) is 10.5 Å². The van der Waals surface area contributed by atoms with Gasteiger partial charge >= 0.3 is 0 Å². The summed E-state index contributed by atoms with van der Waals surface area (Å²) in [6, 6.07) is 6.76. The fraction of sp³-hybridized carbons (Fsp3) is 0. The first-order valence-electron chi connectivity index (χ1n) is 5.04. The van der Waals surface area contributed by atoms with Gasteiger partial charge in [-0.3, -0.25) is 4.79 Å². The predicted molar refractivity (Wildman–Crippen MR) is 68.0 cm³/mol. The van der Waals surface area contributed by atoms with E-state index in [0.717, 1.165) is 6.07 Å². The number of nitrogen functional groups attached to an aromatic ring is 1. The average Bonchev–Trinajstić information content (AvgIpc) is 2.33. The number of anilines is 2. The number of nitrogens with two attached hydrogens (primary N) is 1. The first kappa shape index (κ1) is 12.3. The molecule has 0 bridgehead atoms. The van der Waals surface area contributed by atoms with Crippen molar-refractivity contribution in [2.24, 2.45) is 0 Å². The zero-order valence-electron chi connectivity index (χ0n) is 9.15. The molecule has 18 heavy (non-hydrogen) atoms. The van der Waals surface area contributed by atoms with Crippen LogP contribution in [0.25, 0.3) is 0 Å². The molecule has 0 unspecified atom stereocenters. The molecule has 0 spiro atoms. The molecule has 0 aliphatic carbocycles. The van der Waals surface area contributed by atoms with Crippen molar-refractivity contribution in [3.8, 4) is 0 Å². The van der Waals surface area contributed by atoms with Gasteiger partial charge < -0.3 is 11.1 Å². The van der Waals surface area contributed by atoms with E-state index < -0.39 is 11.7 Å². The fourth-order valence-corrected chi connectivity index (χ4v) is 1.53. The lowest BCUT2D eigenvalue weighted by molar-refractivity contribution is 0.102. The van der Waals surface area contributed by atoms with Crippen molar-refractivity contribution in [1.29, 1.82) is 0 Å². The number of nitrogens with zero attached hydrogens (tertiary/aromatic N) is 1. The molecule has 1 aromatic carbocycles. The molecule has 1 aromatic heterocycles. The summed E-state index contributed by atoms with van der Waals surface area (Å²) in [6.07, 6.45) is 1.38. The van der Waals surface area contributed by atoms with Crippen molar-refractivity contribution in [2.75, 3.05) is 11.1 Å². The summed E-state index contributed by atoms with van der Waals surface area (Å²) in [7, 11) is 0. The van der Waals surface area contributed by atoms with Crippen LogP contribution >= 0.6 is 11.6 Å². The van der Waals surface area contributed by atoms with E-state index in [1.165, 1.54) is 24.4 Å². The lowest BCUT2D eigenvalue weighted by Gasteiger charge is -2.06. The number of benzene rings is 1. The smallest absolute Gasteiger partial charge is 0.274 e. The van der Waals surface area contributed by atoms with Crippen LogP contribution in [0.3, 0.4) is 0 Å². The molecule has 0 atom stereocenters. The van der Waals surface area contributed by atoms with E-state index >= 15 is 0 Å². The number of amides is 1. The number of rotatable bonds is 2. The zero-order valence-corrected chi connectivity index (χ0v) is 9.91. The van der Waals surface area contributed by atoms with E-state index in [-0.39, 0.29) is 10.7 Å². The molecule has 6 heteroatoms. The van der Waals surface area contributed by atoms with Gasteiger partial charge in [0.15, 0.2) is 0 Å². The van der Waals surface area contributed by atoms with Gasteiger partial charge in [0, 0.05) is 0 Å². The summed E-state index contributed by atoms with van der Waals surface area (Å²) in [4.78, 5) is 15.7.